The van der Waals surface area contributed by atoms with E-state index in [1.54, 1.807) is 0 Å². The number of hydrogen-bond donors (Lipinski definition) is 0. The second kappa shape index (κ2) is 5.53. The lowest BCUT2D eigenvalue weighted by molar-refractivity contribution is -0.130. The van der Waals surface area contributed by atoms with Gasteiger partial charge in [0.05, 0.1) is 6.61 Å². The molecule has 0 bridgehead atoms. The molecular formula is C13H26O2. The molecule has 90 valence electrons. The van der Waals surface area contributed by atoms with E-state index in [2.05, 4.69) is 41.5 Å². The molecule has 15 heavy (non-hydrogen) atoms. The molecule has 0 fully saturated rings. The summed E-state index contributed by atoms with van der Waals surface area (Å²) in [6, 6.07) is 0. The maximum Gasteiger partial charge on any atom is 0.293 e. The maximum absolute atomic E-state index is 10.2. The fraction of sp³-hybridized carbons (Fsp3) is 0.923. The Balaban J connectivity index is 4.25. The smallest absolute Gasteiger partial charge is 0.293 e. The lowest BCUT2D eigenvalue weighted by atomic mass is 9.77. The number of hydrogen-bond acceptors (Lipinski definition) is 2. The highest BCUT2D eigenvalue weighted by Crippen LogP contribution is 2.32. The largest absolute Gasteiger partial charge is 0.468 e. The second-order valence-electron chi connectivity index (χ2n) is 6.83. The average molecular weight is 214 g/mol. The van der Waals surface area contributed by atoms with E-state index in [-0.39, 0.29) is 0 Å². The molecule has 0 saturated heterocycles. The van der Waals surface area contributed by atoms with E-state index in [4.69, 9.17) is 4.74 Å². The minimum absolute atomic E-state index is 0.294. The Hall–Kier alpha value is -0.530. The summed E-state index contributed by atoms with van der Waals surface area (Å²) in [6.07, 6.45) is 2.19. The fourth-order valence-corrected chi connectivity index (χ4v) is 2.10. The first kappa shape index (κ1) is 14.5. The molecule has 0 aliphatic heterocycles. The van der Waals surface area contributed by atoms with Crippen LogP contribution in [0.15, 0.2) is 0 Å². The van der Waals surface area contributed by atoms with Gasteiger partial charge in [-0.05, 0) is 29.6 Å². The van der Waals surface area contributed by atoms with Gasteiger partial charge in [0.15, 0.2) is 0 Å². The summed E-state index contributed by atoms with van der Waals surface area (Å²) >= 11 is 0. The van der Waals surface area contributed by atoms with Crippen LogP contribution in [0.3, 0.4) is 0 Å². The molecule has 0 rings (SSSR count). The molecule has 0 aliphatic rings. The van der Waals surface area contributed by atoms with Crippen LogP contribution in [0.4, 0.5) is 0 Å². The van der Waals surface area contributed by atoms with Crippen LogP contribution in [0.25, 0.3) is 0 Å². The Bertz CT molecular complexity index is 168. The van der Waals surface area contributed by atoms with E-state index in [1.807, 2.05) is 0 Å². The van der Waals surface area contributed by atoms with Crippen LogP contribution in [0.2, 0.25) is 0 Å². The van der Waals surface area contributed by atoms with Gasteiger partial charge in [0.1, 0.15) is 0 Å². The predicted octanol–water partition coefficient (Wildman–Crippen LogP) is 3.65. The summed E-state index contributed by atoms with van der Waals surface area (Å²) in [5, 5.41) is 0. The van der Waals surface area contributed by atoms with Crippen molar-refractivity contribution >= 4 is 6.47 Å². The van der Waals surface area contributed by atoms with E-state index in [0.717, 1.165) is 12.8 Å². The molecule has 0 saturated carbocycles. The Kier molecular flexibility index (Phi) is 5.33. The normalized spacial score (nSPS) is 13.0. The predicted molar refractivity (Wildman–Crippen MR) is 63.7 cm³/mol. The summed E-state index contributed by atoms with van der Waals surface area (Å²) < 4.78 is 4.91. The van der Waals surface area contributed by atoms with Gasteiger partial charge in [-0.25, -0.2) is 0 Å². The molecular weight excluding hydrogens is 188 g/mol. The van der Waals surface area contributed by atoms with E-state index in [0.29, 0.717) is 29.8 Å². The van der Waals surface area contributed by atoms with Crippen molar-refractivity contribution in [2.45, 2.75) is 54.4 Å². The SMILES string of the molecule is CC(C)(C)CC(COC=O)CC(C)(C)C. The van der Waals surface area contributed by atoms with Crippen molar-refractivity contribution in [2.75, 3.05) is 6.61 Å². The molecule has 0 amide bonds. The van der Waals surface area contributed by atoms with Gasteiger partial charge in [-0.2, -0.15) is 0 Å². The van der Waals surface area contributed by atoms with Crippen LogP contribution < -0.4 is 0 Å². The van der Waals surface area contributed by atoms with Gasteiger partial charge in [-0.3, -0.25) is 4.79 Å². The van der Waals surface area contributed by atoms with Crippen molar-refractivity contribution < 1.29 is 9.53 Å². The Morgan fingerprint density at radius 3 is 1.67 bits per heavy atom. The number of ether oxygens (including phenoxy) is 1. The molecule has 0 heterocycles. The maximum atomic E-state index is 10.2. The standard InChI is InChI=1S/C13H26O2/c1-12(2,3)7-11(9-15-10-14)8-13(4,5)6/h10-11H,7-9H2,1-6H3. The summed E-state index contributed by atoms with van der Waals surface area (Å²) in [5.41, 5.74) is 0.588. The van der Waals surface area contributed by atoms with Crippen molar-refractivity contribution in [3.05, 3.63) is 0 Å². The zero-order valence-corrected chi connectivity index (χ0v) is 11.1. The van der Waals surface area contributed by atoms with Crippen LogP contribution in [0.5, 0.6) is 0 Å². The van der Waals surface area contributed by atoms with Crippen LogP contribution in [0.1, 0.15) is 54.4 Å². The highest BCUT2D eigenvalue weighted by atomic mass is 16.5. The van der Waals surface area contributed by atoms with Crippen LogP contribution in [0, 0.1) is 16.7 Å². The highest BCUT2D eigenvalue weighted by molar-refractivity contribution is 5.36. The lowest BCUT2D eigenvalue weighted by Gasteiger charge is -2.30. The van der Waals surface area contributed by atoms with Crippen molar-refractivity contribution in [1.29, 1.82) is 0 Å². The van der Waals surface area contributed by atoms with E-state index < -0.39 is 0 Å². The van der Waals surface area contributed by atoms with Gasteiger partial charge in [-0.1, -0.05) is 41.5 Å². The zero-order valence-electron chi connectivity index (χ0n) is 11.1. The molecule has 2 nitrogen and oxygen atoms in total. The van der Waals surface area contributed by atoms with Crippen molar-refractivity contribution in [2.24, 2.45) is 16.7 Å². The third kappa shape index (κ3) is 9.77. The quantitative estimate of drug-likeness (QED) is 0.653. The molecule has 0 aliphatic carbocycles. The topological polar surface area (TPSA) is 26.3 Å². The van der Waals surface area contributed by atoms with Crippen molar-refractivity contribution in [3.8, 4) is 0 Å². The summed E-state index contributed by atoms with van der Waals surface area (Å²) in [6.45, 7) is 14.5. The molecule has 0 radical (unpaired) electrons. The monoisotopic (exact) mass is 214 g/mol. The number of carbonyl (C=O) groups is 1. The molecule has 0 aromatic carbocycles. The molecule has 0 atom stereocenters. The highest BCUT2D eigenvalue weighted by Gasteiger charge is 2.24. The summed E-state index contributed by atoms with van der Waals surface area (Å²) in [7, 11) is 0. The summed E-state index contributed by atoms with van der Waals surface area (Å²) in [5.74, 6) is 0.468. The van der Waals surface area contributed by atoms with Gasteiger partial charge >= 0.3 is 0 Å². The van der Waals surface area contributed by atoms with Gasteiger partial charge in [0.2, 0.25) is 0 Å². The first-order chi connectivity index (χ1) is 6.64. The van der Waals surface area contributed by atoms with Crippen LogP contribution in [-0.2, 0) is 9.53 Å². The van der Waals surface area contributed by atoms with E-state index in [1.165, 1.54) is 0 Å². The minimum Gasteiger partial charge on any atom is -0.468 e. The third-order valence-electron chi connectivity index (χ3n) is 2.20. The average Bonchev–Trinajstić information content (AvgIpc) is 1.94. The van der Waals surface area contributed by atoms with E-state index in [9.17, 15) is 4.79 Å². The molecule has 0 unspecified atom stereocenters. The first-order valence-electron chi connectivity index (χ1n) is 5.69. The Labute approximate surface area is 94.4 Å². The van der Waals surface area contributed by atoms with E-state index >= 15 is 0 Å². The third-order valence-corrected chi connectivity index (χ3v) is 2.20. The number of carbonyl (C=O) groups excluding carboxylic acids is 1. The lowest BCUT2D eigenvalue weighted by Crippen LogP contribution is -2.22. The Morgan fingerprint density at radius 2 is 1.40 bits per heavy atom. The fourth-order valence-electron chi connectivity index (χ4n) is 2.10. The Morgan fingerprint density at radius 1 is 1.00 bits per heavy atom. The first-order valence-corrected chi connectivity index (χ1v) is 5.69. The van der Waals surface area contributed by atoms with Crippen molar-refractivity contribution in [1.82, 2.24) is 0 Å². The molecule has 0 aromatic heterocycles. The van der Waals surface area contributed by atoms with Crippen LogP contribution >= 0.6 is 0 Å². The van der Waals surface area contributed by atoms with Gasteiger partial charge < -0.3 is 4.74 Å². The van der Waals surface area contributed by atoms with Gasteiger partial charge in [-0.15, -0.1) is 0 Å². The van der Waals surface area contributed by atoms with Crippen LogP contribution in [-0.4, -0.2) is 13.1 Å². The zero-order chi connectivity index (χ0) is 12.1. The molecule has 0 N–H and O–H groups in total. The van der Waals surface area contributed by atoms with Gasteiger partial charge in [0, 0.05) is 0 Å². The second-order valence-corrected chi connectivity index (χ2v) is 6.83. The minimum atomic E-state index is 0.294. The number of rotatable bonds is 5. The van der Waals surface area contributed by atoms with Crippen molar-refractivity contribution in [3.63, 3.8) is 0 Å². The molecule has 0 aromatic rings. The van der Waals surface area contributed by atoms with Gasteiger partial charge in [0.25, 0.3) is 6.47 Å². The molecule has 0 spiro atoms. The molecule has 2 heteroatoms. The summed E-state index contributed by atoms with van der Waals surface area (Å²) in [4.78, 5) is 10.2.